The number of hydrogen-bond acceptors (Lipinski definition) is 7. The number of ether oxygens (including phenoxy) is 3. The first-order chi connectivity index (χ1) is 11.2. The Balaban J connectivity index is 1.85. The molecular formula is C16H18N2O4S. The molecule has 1 unspecified atom stereocenters. The van der Waals surface area contributed by atoms with Gasteiger partial charge in [-0.2, -0.15) is 0 Å². The van der Waals surface area contributed by atoms with Gasteiger partial charge in [0.05, 0.1) is 21.3 Å². The van der Waals surface area contributed by atoms with Gasteiger partial charge in [-0.05, 0) is 23.6 Å². The average molecular weight is 334 g/mol. The Kier molecular flexibility index (Phi) is 4.68. The van der Waals surface area contributed by atoms with Crippen molar-refractivity contribution in [1.29, 1.82) is 0 Å². The van der Waals surface area contributed by atoms with E-state index in [1.165, 1.54) is 4.88 Å². The van der Waals surface area contributed by atoms with Crippen molar-refractivity contribution in [3.63, 3.8) is 0 Å². The van der Waals surface area contributed by atoms with Crippen molar-refractivity contribution in [1.82, 2.24) is 5.48 Å². The third-order valence-corrected chi connectivity index (χ3v) is 4.33. The first-order valence-corrected chi connectivity index (χ1v) is 7.93. The summed E-state index contributed by atoms with van der Waals surface area (Å²) in [5.41, 5.74) is 3.72. The van der Waals surface area contributed by atoms with Crippen LogP contribution in [0.15, 0.2) is 34.6 Å². The van der Waals surface area contributed by atoms with Gasteiger partial charge in [0.2, 0.25) is 12.0 Å². The molecule has 0 amide bonds. The molecule has 1 aliphatic heterocycles. The van der Waals surface area contributed by atoms with Crippen molar-refractivity contribution in [2.45, 2.75) is 12.6 Å². The molecule has 1 aliphatic rings. The normalized spacial score (nSPS) is 16.7. The van der Waals surface area contributed by atoms with Crippen LogP contribution in [-0.2, 0) is 11.3 Å². The van der Waals surface area contributed by atoms with E-state index in [9.17, 15) is 0 Å². The van der Waals surface area contributed by atoms with Gasteiger partial charge in [0.15, 0.2) is 11.5 Å². The molecular weight excluding hydrogens is 316 g/mol. The molecule has 1 atom stereocenters. The van der Waals surface area contributed by atoms with Gasteiger partial charge in [-0.25, -0.2) is 9.83 Å². The average Bonchev–Trinajstić information content (AvgIpc) is 3.25. The van der Waals surface area contributed by atoms with Crippen molar-refractivity contribution in [3.8, 4) is 17.2 Å². The van der Waals surface area contributed by atoms with Crippen LogP contribution in [0.4, 0.5) is 0 Å². The second-order valence-corrected chi connectivity index (χ2v) is 5.90. The van der Waals surface area contributed by atoms with E-state index in [2.05, 4.69) is 16.5 Å². The Bertz CT molecular complexity index is 675. The van der Waals surface area contributed by atoms with Crippen molar-refractivity contribution in [3.05, 3.63) is 40.1 Å². The minimum absolute atomic E-state index is 0.446. The highest BCUT2D eigenvalue weighted by molar-refractivity contribution is 7.10. The molecule has 1 N–H and O–H groups in total. The van der Waals surface area contributed by atoms with Crippen LogP contribution in [0.1, 0.15) is 16.7 Å². The molecule has 0 aliphatic carbocycles. The quantitative estimate of drug-likeness (QED) is 0.880. The van der Waals surface area contributed by atoms with E-state index in [4.69, 9.17) is 19.0 Å². The second-order valence-electron chi connectivity index (χ2n) is 4.86. The molecule has 3 rings (SSSR count). The fourth-order valence-corrected chi connectivity index (χ4v) is 3.07. The minimum atomic E-state index is -0.446. The van der Waals surface area contributed by atoms with Crippen LogP contribution in [0, 0.1) is 0 Å². The zero-order valence-corrected chi connectivity index (χ0v) is 14.0. The number of thiophene rings is 1. The van der Waals surface area contributed by atoms with Gasteiger partial charge in [-0.15, -0.1) is 11.3 Å². The number of hydrogen-bond donors (Lipinski definition) is 1. The smallest absolute Gasteiger partial charge is 0.203 e. The van der Waals surface area contributed by atoms with Crippen LogP contribution in [-0.4, -0.2) is 27.2 Å². The first-order valence-electron chi connectivity index (χ1n) is 7.05. The molecule has 0 radical (unpaired) electrons. The summed E-state index contributed by atoms with van der Waals surface area (Å²) in [7, 11) is 4.74. The van der Waals surface area contributed by atoms with Gasteiger partial charge in [-0.3, -0.25) is 5.48 Å². The number of hydroxylamine groups is 1. The van der Waals surface area contributed by atoms with Crippen LogP contribution >= 0.6 is 11.3 Å². The van der Waals surface area contributed by atoms with Crippen LogP contribution in [0.3, 0.4) is 0 Å². The van der Waals surface area contributed by atoms with E-state index in [0.717, 1.165) is 17.8 Å². The Labute approximate surface area is 138 Å². The zero-order valence-electron chi connectivity index (χ0n) is 13.2. The van der Waals surface area contributed by atoms with E-state index < -0.39 is 6.23 Å². The highest BCUT2D eigenvalue weighted by Gasteiger charge is 2.24. The fourth-order valence-electron chi connectivity index (χ4n) is 2.36. The standard InChI is InChI=1S/C16H18N2O4S/c1-19-12-7-10(8-13(20-2)15(12)21-3)16-17-14(18-22-16)9-11-5-4-6-23-11/h4-8,16H,9H2,1-3H3,(H,17,18). The number of nitrogens with one attached hydrogen (secondary N) is 1. The highest BCUT2D eigenvalue weighted by Crippen LogP contribution is 2.40. The Morgan fingerprint density at radius 1 is 1.17 bits per heavy atom. The van der Waals surface area contributed by atoms with Crippen molar-refractivity contribution < 1.29 is 19.0 Å². The molecule has 0 saturated carbocycles. The zero-order chi connectivity index (χ0) is 16.2. The van der Waals surface area contributed by atoms with Crippen LogP contribution in [0.2, 0.25) is 0 Å². The molecule has 1 aromatic heterocycles. The summed E-state index contributed by atoms with van der Waals surface area (Å²) >= 11 is 1.69. The topological polar surface area (TPSA) is 61.3 Å². The first kappa shape index (κ1) is 15.6. The maximum absolute atomic E-state index is 5.57. The van der Waals surface area contributed by atoms with E-state index in [1.807, 2.05) is 23.6 Å². The summed E-state index contributed by atoms with van der Waals surface area (Å²) in [5, 5.41) is 2.04. The fraction of sp³-hybridized carbons (Fsp3) is 0.312. The minimum Gasteiger partial charge on any atom is -0.493 e. The third kappa shape index (κ3) is 3.25. The maximum Gasteiger partial charge on any atom is 0.203 e. The number of methoxy groups -OCH3 is 3. The van der Waals surface area contributed by atoms with Gasteiger partial charge in [0.25, 0.3) is 0 Å². The summed E-state index contributed by atoms with van der Waals surface area (Å²) in [6.45, 7) is 0. The number of amidine groups is 1. The summed E-state index contributed by atoms with van der Waals surface area (Å²) in [6.07, 6.45) is 0.275. The van der Waals surface area contributed by atoms with E-state index in [-0.39, 0.29) is 0 Å². The largest absolute Gasteiger partial charge is 0.493 e. The van der Waals surface area contributed by atoms with Gasteiger partial charge in [0.1, 0.15) is 5.84 Å². The predicted molar refractivity (Wildman–Crippen MR) is 88.5 cm³/mol. The van der Waals surface area contributed by atoms with Crippen LogP contribution < -0.4 is 19.7 Å². The Morgan fingerprint density at radius 3 is 2.48 bits per heavy atom. The van der Waals surface area contributed by atoms with Crippen LogP contribution in [0.5, 0.6) is 17.2 Å². The van der Waals surface area contributed by atoms with E-state index in [1.54, 1.807) is 32.7 Å². The van der Waals surface area contributed by atoms with Crippen molar-refractivity contribution in [2.75, 3.05) is 21.3 Å². The van der Waals surface area contributed by atoms with Crippen LogP contribution in [0.25, 0.3) is 0 Å². The molecule has 6 nitrogen and oxygen atoms in total. The van der Waals surface area contributed by atoms with Crippen molar-refractivity contribution in [2.24, 2.45) is 4.99 Å². The molecule has 1 aromatic carbocycles. The Morgan fingerprint density at radius 2 is 1.91 bits per heavy atom. The van der Waals surface area contributed by atoms with E-state index in [0.29, 0.717) is 17.2 Å². The lowest BCUT2D eigenvalue weighted by atomic mass is 10.1. The monoisotopic (exact) mass is 334 g/mol. The number of rotatable bonds is 6. The Hall–Kier alpha value is -2.25. The van der Waals surface area contributed by atoms with Gasteiger partial charge in [-0.1, -0.05) is 6.07 Å². The lowest BCUT2D eigenvalue weighted by Crippen LogP contribution is -2.18. The molecule has 7 heteroatoms. The molecule has 122 valence electrons. The van der Waals surface area contributed by atoms with Crippen molar-refractivity contribution >= 4 is 17.2 Å². The summed E-state index contributed by atoms with van der Waals surface area (Å²) in [6, 6.07) is 7.77. The number of nitrogens with zero attached hydrogens (tertiary/aromatic N) is 1. The molecule has 2 heterocycles. The molecule has 0 bridgehead atoms. The molecule has 0 saturated heterocycles. The molecule has 2 aromatic rings. The summed E-state index contributed by atoms with van der Waals surface area (Å²) in [5.74, 6) is 2.50. The lowest BCUT2D eigenvalue weighted by Gasteiger charge is -2.15. The lowest BCUT2D eigenvalue weighted by molar-refractivity contribution is 0.0368. The number of aliphatic imine (C=N–C) groups is 1. The summed E-state index contributed by atoms with van der Waals surface area (Å²) < 4.78 is 16.1. The number of benzene rings is 1. The molecule has 0 spiro atoms. The van der Waals surface area contributed by atoms with Gasteiger partial charge in [0, 0.05) is 16.9 Å². The van der Waals surface area contributed by atoms with Gasteiger partial charge < -0.3 is 14.2 Å². The highest BCUT2D eigenvalue weighted by atomic mass is 32.1. The second kappa shape index (κ2) is 6.89. The summed E-state index contributed by atoms with van der Waals surface area (Å²) in [4.78, 5) is 11.4. The van der Waals surface area contributed by atoms with E-state index >= 15 is 0 Å². The maximum atomic E-state index is 5.57. The third-order valence-electron chi connectivity index (χ3n) is 3.46. The molecule has 23 heavy (non-hydrogen) atoms. The van der Waals surface area contributed by atoms with Gasteiger partial charge >= 0.3 is 0 Å². The SMILES string of the molecule is COc1cc(C2N=C(Cc3cccs3)NO2)cc(OC)c1OC. The predicted octanol–water partition coefficient (Wildman–Crippen LogP) is 2.95. The molecule has 0 fully saturated rings.